The fraction of sp³-hybridized carbons (Fsp3) is 0.267. The summed E-state index contributed by atoms with van der Waals surface area (Å²) in [4.78, 5) is 11.8. The Hall–Kier alpha value is -2.03. The standard InChI is InChI=1S/C15H17NO2/c1-11(2)13-7-4-3-6-12(13)10-16-15(17)14-8-5-9-18-14/h3-9,11H,10H2,1-2H3,(H,16,17). The number of amides is 1. The summed E-state index contributed by atoms with van der Waals surface area (Å²) in [6.45, 7) is 4.81. The molecule has 18 heavy (non-hydrogen) atoms. The summed E-state index contributed by atoms with van der Waals surface area (Å²) < 4.78 is 5.05. The maximum Gasteiger partial charge on any atom is 0.287 e. The zero-order valence-corrected chi connectivity index (χ0v) is 10.6. The molecule has 1 heterocycles. The van der Waals surface area contributed by atoms with Crippen LogP contribution < -0.4 is 5.32 Å². The number of carbonyl (C=O) groups excluding carboxylic acids is 1. The average molecular weight is 243 g/mol. The molecule has 1 aromatic carbocycles. The van der Waals surface area contributed by atoms with Gasteiger partial charge in [-0.2, -0.15) is 0 Å². The third kappa shape index (κ3) is 2.80. The van der Waals surface area contributed by atoms with Gasteiger partial charge in [-0.1, -0.05) is 38.1 Å². The van der Waals surface area contributed by atoms with Crippen LogP contribution >= 0.6 is 0 Å². The molecule has 2 rings (SSSR count). The lowest BCUT2D eigenvalue weighted by Crippen LogP contribution is -2.23. The lowest BCUT2D eigenvalue weighted by Gasteiger charge is -2.12. The normalized spacial score (nSPS) is 10.6. The summed E-state index contributed by atoms with van der Waals surface area (Å²) in [6, 6.07) is 11.5. The van der Waals surface area contributed by atoms with Crippen molar-refractivity contribution in [2.45, 2.75) is 26.3 Å². The molecule has 0 fully saturated rings. The van der Waals surface area contributed by atoms with Crippen molar-refractivity contribution in [1.82, 2.24) is 5.32 Å². The molecule has 3 nitrogen and oxygen atoms in total. The Bertz CT molecular complexity index is 515. The van der Waals surface area contributed by atoms with Gasteiger partial charge in [0.25, 0.3) is 5.91 Å². The Morgan fingerprint density at radius 3 is 2.67 bits per heavy atom. The first-order chi connectivity index (χ1) is 8.68. The van der Waals surface area contributed by atoms with Crippen molar-refractivity contribution in [3.8, 4) is 0 Å². The Balaban J connectivity index is 2.04. The SMILES string of the molecule is CC(C)c1ccccc1CNC(=O)c1ccco1. The van der Waals surface area contributed by atoms with Crippen LogP contribution in [0.25, 0.3) is 0 Å². The summed E-state index contributed by atoms with van der Waals surface area (Å²) in [6.07, 6.45) is 1.50. The summed E-state index contributed by atoms with van der Waals surface area (Å²) in [7, 11) is 0. The van der Waals surface area contributed by atoms with Crippen molar-refractivity contribution in [1.29, 1.82) is 0 Å². The lowest BCUT2D eigenvalue weighted by atomic mass is 9.97. The second-order valence-electron chi connectivity index (χ2n) is 4.51. The number of hydrogen-bond donors (Lipinski definition) is 1. The van der Waals surface area contributed by atoms with Gasteiger partial charge in [0.05, 0.1) is 6.26 Å². The van der Waals surface area contributed by atoms with Crippen LogP contribution in [0.3, 0.4) is 0 Å². The molecule has 0 spiro atoms. The van der Waals surface area contributed by atoms with Gasteiger partial charge in [-0.25, -0.2) is 0 Å². The Labute approximate surface area is 107 Å². The molecule has 0 aliphatic rings. The van der Waals surface area contributed by atoms with Crippen LogP contribution in [0.15, 0.2) is 47.1 Å². The van der Waals surface area contributed by atoms with Crippen LogP contribution in [0.5, 0.6) is 0 Å². The van der Waals surface area contributed by atoms with Gasteiger partial charge in [0, 0.05) is 6.54 Å². The minimum Gasteiger partial charge on any atom is -0.459 e. The highest BCUT2D eigenvalue weighted by Gasteiger charge is 2.10. The second kappa shape index (κ2) is 5.54. The van der Waals surface area contributed by atoms with Crippen molar-refractivity contribution < 1.29 is 9.21 Å². The van der Waals surface area contributed by atoms with E-state index in [1.165, 1.54) is 11.8 Å². The van der Waals surface area contributed by atoms with Gasteiger partial charge < -0.3 is 9.73 Å². The maximum atomic E-state index is 11.8. The molecule has 1 aromatic heterocycles. The van der Waals surface area contributed by atoms with E-state index >= 15 is 0 Å². The minimum atomic E-state index is -0.182. The molecular formula is C15H17NO2. The first-order valence-corrected chi connectivity index (χ1v) is 6.08. The molecule has 0 bridgehead atoms. The number of hydrogen-bond acceptors (Lipinski definition) is 2. The van der Waals surface area contributed by atoms with E-state index in [0.29, 0.717) is 18.2 Å². The molecule has 1 amide bonds. The van der Waals surface area contributed by atoms with E-state index < -0.39 is 0 Å². The predicted octanol–water partition coefficient (Wildman–Crippen LogP) is 3.33. The predicted molar refractivity (Wildman–Crippen MR) is 70.4 cm³/mol. The molecule has 3 heteroatoms. The first-order valence-electron chi connectivity index (χ1n) is 6.08. The molecule has 0 saturated carbocycles. The van der Waals surface area contributed by atoms with E-state index in [1.54, 1.807) is 12.1 Å². The van der Waals surface area contributed by atoms with Gasteiger partial charge in [-0.05, 0) is 29.2 Å². The van der Waals surface area contributed by atoms with Crippen LogP contribution in [0.1, 0.15) is 41.4 Å². The molecular weight excluding hydrogens is 226 g/mol. The highest BCUT2D eigenvalue weighted by Crippen LogP contribution is 2.18. The molecule has 1 N–H and O–H groups in total. The third-order valence-corrected chi connectivity index (χ3v) is 2.86. The molecule has 0 unspecified atom stereocenters. The van der Waals surface area contributed by atoms with Gasteiger partial charge >= 0.3 is 0 Å². The molecule has 0 radical (unpaired) electrons. The summed E-state index contributed by atoms with van der Waals surface area (Å²) in [5.74, 6) is 0.609. The van der Waals surface area contributed by atoms with E-state index in [9.17, 15) is 4.79 Å². The van der Waals surface area contributed by atoms with Crippen LogP contribution in [0, 0.1) is 0 Å². The van der Waals surface area contributed by atoms with Gasteiger partial charge in [0.1, 0.15) is 0 Å². The lowest BCUT2D eigenvalue weighted by molar-refractivity contribution is 0.0923. The summed E-state index contributed by atoms with van der Waals surface area (Å²) in [5, 5.41) is 2.86. The van der Waals surface area contributed by atoms with Crippen molar-refractivity contribution in [2.24, 2.45) is 0 Å². The van der Waals surface area contributed by atoms with Crippen molar-refractivity contribution >= 4 is 5.91 Å². The zero-order valence-electron chi connectivity index (χ0n) is 10.6. The highest BCUT2D eigenvalue weighted by atomic mass is 16.3. The van der Waals surface area contributed by atoms with E-state index in [0.717, 1.165) is 5.56 Å². The molecule has 0 saturated heterocycles. The molecule has 0 aliphatic carbocycles. The van der Waals surface area contributed by atoms with Gasteiger partial charge in [0.2, 0.25) is 0 Å². The Morgan fingerprint density at radius 2 is 2.00 bits per heavy atom. The molecule has 2 aromatic rings. The van der Waals surface area contributed by atoms with Crippen LogP contribution in [0.4, 0.5) is 0 Å². The minimum absolute atomic E-state index is 0.182. The number of rotatable bonds is 4. The van der Waals surface area contributed by atoms with Gasteiger partial charge in [-0.15, -0.1) is 0 Å². The number of benzene rings is 1. The monoisotopic (exact) mass is 243 g/mol. The number of carbonyl (C=O) groups is 1. The van der Waals surface area contributed by atoms with E-state index in [2.05, 4.69) is 25.2 Å². The van der Waals surface area contributed by atoms with Crippen LogP contribution in [-0.2, 0) is 6.54 Å². The fourth-order valence-corrected chi connectivity index (χ4v) is 1.93. The first kappa shape index (κ1) is 12.4. The largest absolute Gasteiger partial charge is 0.459 e. The fourth-order valence-electron chi connectivity index (χ4n) is 1.93. The van der Waals surface area contributed by atoms with Gasteiger partial charge in [0.15, 0.2) is 5.76 Å². The maximum absolute atomic E-state index is 11.8. The quantitative estimate of drug-likeness (QED) is 0.895. The van der Waals surface area contributed by atoms with Crippen molar-refractivity contribution in [3.05, 3.63) is 59.5 Å². The van der Waals surface area contributed by atoms with Crippen molar-refractivity contribution in [2.75, 3.05) is 0 Å². The van der Waals surface area contributed by atoms with E-state index in [-0.39, 0.29) is 5.91 Å². The second-order valence-corrected chi connectivity index (χ2v) is 4.51. The smallest absolute Gasteiger partial charge is 0.287 e. The average Bonchev–Trinajstić information content (AvgIpc) is 2.90. The molecule has 94 valence electrons. The third-order valence-electron chi connectivity index (χ3n) is 2.86. The topological polar surface area (TPSA) is 42.2 Å². The zero-order chi connectivity index (χ0) is 13.0. The highest BCUT2D eigenvalue weighted by molar-refractivity contribution is 5.91. The van der Waals surface area contributed by atoms with Crippen LogP contribution in [0.2, 0.25) is 0 Å². The number of nitrogens with one attached hydrogen (secondary N) is 1. The molecule has 0 aliphatic heterocycles. The van der Waals surface area contributed by atoms with Gasteiger partial charge in [-0.3, -0.25) is 4.79 Å². The Morgan fingerprint density at radius 1 is 1.22 bits per heavy atom. The Kier molecular flexibility index (Phi) is 3.82. The van der Waals surface area contributed by atoms with E-state index in [1.807, 2.05) is 18.2 Å². The summed E-state index contributed by atoms with van der Waals surface area (Å²) >= 11 is 0. The van der Waals surface area contributed by atoms with Crippen LogP contribution in [-0.4, -0.2) is 5.91 Å². The van der Waals surface area contributed by atoms with Crippen molar-refractivity contribution in [3.63, 3.8) is 0 Å². The summed E-state index contributed by atoms with van der Waals surface area (Å²) in [5.41, 5.74) is 2.41. The molecule has 0 atom stereocenters. The van der Waals surface area contributed by atoms with E-state index in [4.69, 9.17) is 4.42 Å². The number of furan rings is 1.